The molecule has 4 heterocycles. The first-order valence-electron chi connectivity index (χ1n) is 9.28. The molecule has 0 fully saturated rings. The standard InChI is InChI=1S/C18H22N8O2S/c1-5-14-18-23-21-10-25(18)15-9-20-16(22-17(15)26(14)11(2)3)12-6-7-19-8-13(12)24-29(4,27)28/h6-11,14,24H,5H2,1-4H3/t14-/m1/s1. The maximum absolute atomic E-state index is 11.7. The second-order valence-electron chi connectivity index (χ2n) is 7.18. The lowest BCUT2D eigenvalue weighted by Crippen LogP contribution is -2.40. The van der Waals surface area contributed by atoms with Gasteiger partial charge in [0.25, 0.3) is 0 Å². The van der Waals surface area contributed by atoms with Crippen molar-refractivity contribution in [2.24, 2.45) is 0 Å². The van der Waals surface area contributed by atoms with Crippen molar-refractivity contribution in [2.75, 3.05) is 15.9 Å². The van der Waals surface area contributed by atoms with Gasteiger partial charge in [-0.05, 0) is 26.3 Å². The number of rotatable bonds is 5. The Hall–Kier alpha value is -3.08. The first-order valence-corrected chi connectivity index (χ1v) is 11.2. The van der Waals surface area contributed by atoms with Crippen molar-refractivity contribution in [3.63, 3.8) is 0 Å². The quantitative estimate of drug-likeness (QED) is 0.675. The van der Waals surface area contributed by atoms with Gasteiger partial charge < -0.3 is 4.90 Å². The number of hydrogen-bond acceptors (Lipinski definition) is 8. The van der Waals surface area contributed by atoms with Crippen molar-refractivity contribution < 1.29 is 8.42 Å². The zero-order chi connectivity index (χ0) is 20.8. The molecule has 29 heavy (non-hydrogen) atoms. The monoisotopic (exact) mass is 414 g/mol. The van der Waals surface area contributed by atoms with Crippen LogP contribution >= 0.6 is 0 Å². The summed E-state index contributed by atoms with van der Waals surface area (Å²) in [7, 11) is -3.47. The minimum Gasteiger partial charge on any atom is -0.342 e. The third-order valence-corrected chi connectivity index (χ3v) is 5.35. The Labute approximate surface area is 169 Å². The maximum Gasteiger partial charge on any atom is 0.229 e. The van der Waals surface area contributed by atoms with E-state index in [1.807, 2.05) is 4.57 Å². The highest BCUT2D eigenvalue weighted by Gasteiger charge is 2.35. The van der Waals surface area contributed by atoms with Crippen LogP contribution in [0.5, 0.6) is 0 Å². The molecule has 0 radical (unpaired) electrons. The molecule has 0 bridgehead atoms. The lowest BCUT2D eigenvalue weighted by atomic mass is 10.1. The Morgan fingerprint density at radius 2 is 2.07 bits per heavy atom. The van der Waals surface area contributed by atoms with E-state index in [1.54, 1.807) is 24.8 Å². The van der Waals surface area contributed by atoms with E-state index in [2.05, 4.69) is 50.6 Å². The average molecular weight is 414 g/mol. The first kappa shape index (κ1) is 19.2. The van der Waals surface area contributed by atoms with E-state index in [4.69, 9.17) is 4.98 Å². The zero-order valence-electron chi connectivity index (χ0n) is 16.6. The fourth-order valence-electron chi connectivity index (χ4n) is 3.64. The minimum absolute atomic E-state index is 0.0267. The van der Waals surface area contributed by atoms with Gasteiger partial charge in [-0.15, -0.1) is 10.2 Å². The van der Waals surface area contributed by atoms with Crippen molar-refractivity contribution in [3.8, 4) is 17.1 Å². The number of anilines is 2. The highest BCUT2D eigenvalue weighted by molar-refractivity contribution is 7.92. The molecule has 1 atom stereocenters. The molecule has 0 saturated heterocycles. The third-order valence-electron chi connectivity index (χ3n) is 4.76. The highest BCUT2D eigenvalue weighted by atomic mass is 32.2. The van der Waals surface area contributed by atoms with Crippen molar-refractivity contribution in [1.82, 2.24) is 29.7 Å². The highest BCUT2D eigenvalue weighted by Crippen LogP contribution is 2.40. The Kier molecular flexibility index (Phi) is 4.69. The SMILES string of the molecule is CC[C@@H]1c2nncn2-c2cnc(-c3ccncc3NS(C)(=O)=O)nc2N1C(C)C. The van der Waals surface area contributed by atoms with Crippen LogP contribution in [0, 0.1) is 0 Å². The maximum atomic E-state index is 11.7. The number of hydrogen-bond donors (Lipinski definition) is 1. The van der Waals surface area contributed by atoms with Crippen molar-refractivity contribution in [2.45, 2.75) is 39.3 Å². The number of fused-ring (bicyclic) bond motifs is 3. The van der Waals surface area contributed by atoms with Crippen LogP contribution in [-0.2, 0) is 10.0 Å². The third kappa shape index (κ3) is 3.41. The van der Waals surface area contributed by atoms with Crippen LogP contribution in [0.1, 0.15) is 39.1 Å². The fourth-order valence-corrected chi connectivity index (χ4v) is 4.20. The van der Waals surface area contributed by atoms with Crippen LogP contribution in [0.2, 0.25) is 0 Å². The van der Waals surface area contributed by atoms with E-state index in [0.717, 1.165) is 30.0 Å². The predicted octanol–water partition coefficient (Wildman–Crippen LogP) is 2.17. The summed E-state index contributed by atoms with van der Waals surface area (Å²) in [4.78, 5) is 15.6. The molecule has 0 saturated carbocycles. The fraction of sp³-hybridized carbons (Fsp3) is 0.389. The smallest absolute Gasteiger partial charge is 0.229 e. The van der Waals surface area contributed by atoms with E-state index in [-0.39, 0.29) is 12.1 Å². The molecule has 1 aliphatic heterocycles. The summed E-state index contributed by atoms with van der Waals surface area (Å²) >= 11 is 0. The molecule has 1 aliphatic rings. The second-order valence-corrected chi connectivity index (χ2v) is 8.93. The second kappa shape index (κ2) is 7.07. The molecular formula is C18H22N8O2S. The molecule has 0 aromatic carbocycles. The Bertz CT molecular complexity index is 1160. The largest absolute Gasteiger partial charge is 0.342 e. The topological polar surface area (TPSA) is 119 Å². The van der Waals surface area contributed by atoms with Gasteiger partial charge in [-0.25, -0.2) is 18.4 Å². The van der Waals surface area contributed by atoms with E-state index >= 15 is 0 Å². The van der Waals surface area contributed by atoms with Crippen LogP contribution in [-0.4, -0.2) is 50.4 Å². The Morgan fingerprint density at radius 1 is 1.28 bits per heavy atom. The molecule has 11 heteroatoms. The molecule has 0 amide bonds. The van der Waals surface area contributed by atoms with Gasteiger partial charge >= 0.3 is 0 Å². The number of nitrogens with zero attached hydrogens (tertiary/aromatic N) is 7. The summed E-state index contributed by atoms with van der Waals surface area (Å²) in [5.41, 5.74) is 1.68. The molecule has 10 nitrogen and oxygen atoms in total. The molecule has 3 aromatic heterocycles. The van der Waals surface area contributed by atoms with Gasteiger partial charge in [0.15, 0.2) is 17.5 Å². The lowest BCUT2D eigenvalue weighted by molar-refractivity contribution is 0.497. The number of pyridine rings is 1. The van der Waals surface area contributed by atoms with Gasteiger partial charge in [0.05, 0.1) is 30.4 Å². The predicted molar refractivity (Wildman–Crippen MR) is 109 cm³/mol. The summed E-state index contributed by atoms with van der Waals surface area (Å²) in [6.45, 7) is 6.30. The van der Waals surface area contributed by atoms with E-state index in [1.165, 1.54) is 6.20 Å². The normalized spacial score (nSPS) is 15.9. The Balaban J connectivity index is 1.90. The molecule has 1 N–H and O–H groups in total. The summed E-state index contributed by atoms with van der Waals surface area (Å²) in [5.74, 6) is 2.02. The van der Waals surface area contributed by atoms with Crippen molar-refractivity contribution in [3.05, 3.63) is 36.8 Å². The van der Waals surface area contributed by atoms with Gasteiger partial charge in [0.2, 0.25) is 10.0 Å². The molecule has 152 valence electrons. The van der Waals surface area contributed by atoms with Gasteiger partial charge in [-0.3, -0.25) is 14.3 Å². The lowest BCUT2D eigenvalue weighted by Gasteiger charge is -2.39. The van der Waals surface area contributed by atoms with Gasteiger partial charge in [0, 0.05) is 17.8 Å². The Morgan fingerprint density at radius 3 is 2.76 bits per heavy atom. The van der Waals surface area contributed by atoms with Crippen LogP contribution in [0.3, 0.4) is 0 Å². The molecule has 3 aromatic rings. The zero-order valence-corrected chi connectivity index (χ0v) is 17.4. The van der Waals surface area contributed by atoms with Crippen LogP contribution in [0.4, 0.5) is 11.5 Å². The molecular weight excluding hydrogens is 392 g/mol. The average Bonchev–Trinajstić information content (AvgIpc) is 3.15. The van der Waals surface area contributed by atoms with Crippen LogP contribution in [0.25, 0.3) is 17.1 Å². The van der Waals surface area contributed by atoms with Crippen molar-refractivity contribution >= 4 is 21.5 Å². The van der Waals surface area contributed by atoms with Crippen LogP contribution in [0.15, 0.2) is 31.0 Å². The molecule has 0 unspecified atom stereocenters. The minimum atomic E-state index is -3.47. The summed E-state index contributed by atoms with van der Waals surface area (Å²) < 4.78 is 27.9. The van der Waals surface area contributed by atoms with Crippen LogP contribution < -0.4 is 9.62 Å². The molecule has 0 aliphatic carbocycles. The number of aromatic nitrogens is 6. The number of nitrogens with one attached hydrogen (secondary N) is 1. The summed E-state index contributed by atoms with van der Waals surface area (Å²) in [6, 6.07) is 1.89. The van der Waals surface area contributed by atoms with Crippen molar-refractivity contribution in [1.29, 1.82) is 0 Å². The van der Waals surface area contributed by atoms with Gasteiger partial charge in [0.1, 0.15) is 12.0 Å². The number of sulfonamides is 1. The van der Waals surface area contributed by atoms with Gasteiger partial charge in [-0.2, -0.15) is 0 Å². The van der Waals surface area contributed by atoms with E-state index in [0.29, 0.717) is 17.1 Å². The van der Waals surface area contributed by atoms with E-state index in [9.17, 15) is 8.42 Å². The molecule has 0 spiro atoms. The summed E-state index contributed by atoms with van der Waals surface area (Å²) in [6.07, 6.45) is 8.35. The molecule has 4 rings (SSSR count). The summed E-state index contributed by atoms with van der Waals surface area (Å²) in [5, 5.41) is 8.38. The van der Waals surface area contributed by atoms with Gasteiger partial charge in [-0.1, -0.05) is 6.92 Å². The van der Waals surface area contributed by atoms with E-state index < -0.39 is 10.0 Å². The first-order chi connectivity index (χ1) is 13.8.